The number of hydrogen-bond acceptors (Lipinski definition) is 1. The number of nitrogens with zero attached hydrogens (tertiary/aromatic N) is 2. The second kappa shape index (κ2) is 3.20. The van der Waals surface area contributed by atoms with Crippen LogP contribution in [0, 0.1) is 0 Å². The van der Waals surface area contributed by atoms with E-state index < -0.39 is 8.24 Å². The lowest BCUT2D eigenvalue weighted by atomic mass is 10.3. The second-order valence-electron chi connectivity index (χ2n) is 4.39. The Bertz CT molecular complexity index is 470. The number of rotatable bonds is 1. The van der Waals surface area contributed by atoms with Crippen LogP contribution in [0.2, 0.25) is 19.6 Å². The molecule has 74 valence electrons. The lowest BCUT2D eigenvalue weighted by Gasteiger charge is -2.19. The molecule has 2 aromatic rings. The first-order valence-electron chi connectivity index (χ1n) is 4.62. The third kappa shape index (κ3) is 1.52. The average molecular weight is 269 g/mol. The van der Waals surface area contributed by atoms with Crippen LogP contribution in [0.3, 0.4) is 0 Å². The molecular formula is C10H13BrN2Si. The number of pyridine rings is 1. The molecule has 2 rings (SSSR count). The summed E-state index contributed by atoms with van der Waals surface area (Å²) in [6, 6.07) is 4.11. The van der Waals surface area contributed by atoms with Gasteiger partial charge in [-0.1, -0.05) is 19.6 Å². The molecule has 0 radical (unpaired) electrons. The lowest BCUT2D eigenvalue weighted by molar-refractivity contribution is 1.15. The first-order chi connectivity index (χ1) is 6.50. The molecule has 0 unspecified atom stereocenters. The lowest BCUT2D eigenvalue weighted by Crippen LogP contribution is -2.31. The highest BCUT2D eigenvalue weighted by atomic mass is 79.9. The third-order valence-electron chi connectivity index (χ3n) is 2.26. The van der Waals surface area contributed by atoms with Crippen molar-refractivity contribution in [3.63, 3.8) is 0 Å². The molecule has 0 amide bonds. The van der Waals surface area contributed by atoms with Crippen molar-refractivity contribution in [1.29, 1.82) is 0 Å². The minimum absolute atomic E-state index is 1.10. The maximum atomic E-state index is 4.44. The number of halogens is 1. The molecule has 0 spiro atoms. The van der Waals surface area contributed by atoms with E-state index in [1.54, 1.807) is 0 Å². The molecule has 0 N–H and O–H groups in total. The zero-order valence-corrected chi connectivity index (χ0v) is 11.2. The topological polar surface area (TPSA) is 17.8 Å². The van der Waals surface area contributed by atoms with E-state index in [9.17, 15) is 0 Å². The van der Waals surface area contributed by atoms with Gasteiger partial charge < -0.3 is 4.23 Å². The van der Waals surface area contributed by atoms with E-state index in [0.717, 1.165) is 10.1 Å². The van der Waals surface area contributed by atoms with E-state index >= 15 is 0 Å². The number of aromatic nitrogens is 2. The summed E-state index contributed by atoms with van der Waals surface area (Å²) in [6.45, 7) is 6.94. The molecule has 0 saturated carbocycles. The summed E-state index contributed by atoms with van der Waals surface area (Å²) < 4.78 is 3.45. The van der Waals surface area contributed by atoms with Gasteiger partial charge in [0.05, 0.1) is 0 Å². The fourth-order valence-corrected chi connectivity index (χ4v) is 3.31. The monoisotopic (exact) mass is 268 g/mol. The normalized spacial score (nSPS) is 12.3. The Balaban J connectivity index is 2.76. The van der Waals surface area contributed by atoms with Gasteiger partial charge in [-0.25, -0.2) is 4.98 Å². The molecule has 0 aliphatic carbocycles. The highest BCUT2D eigenvalue weighted by molar-refractivity contribution is 9.10. The van der Waals surface area contributed by atoms with Crippen LogP contribution < -0.4 is 0 Å². The van der Waals surface area contributed by atoms with Crippen molar-refractivity contribution in [1.82, 2.24) is 9.22 Å². The number of hydrogen-bond donors (Lipinski definition) is 0. The molecule has 2 nitrogen and oxygen atoms in total. The molecule has 2 heterocycles. The van der Waals surface area contributed by atoms with Gasteiger partial charge in [0.25, 0.3) is 0 Å². The van der Waals surface area contributed by atoms with E-state index in [-0.39, 0.29) is 0 Å². The quantitative estimate of drug-likeness (QED) is 0.725. The van der Waals surface area contributed by atoms with Crippen LogP contribution in [0.15, 0.2) is 29.0 Å². The first kappa shape index (κ1) is 9.92. The smallest absolute Gasteiger partial charge is 0.154 e. The Morgan fingerprint density at radius 3 is 2.64 bits per heavy atom. The third-order valence-corrected chi connectivity index (χ3v) is 4.75. The zero-order chi connectivity index (χ0) is 10.3. The fourth-order valence-electron chi connectivity index (χ4n) is 1.55. The fraction of sp³-hybridized carbons (Fsp3) is 0.300. The van der Waals surface area contributed by atoms with Crippen LogP contribution in [0.25, 0.3) is 11.0 Å². The molecular weight excluding hydrogens is 256 g/mol. The molecule has 2 aromatic heterocycles. The predicted molar refractivity (Wildman–Crippen MR) is 66.2 cm³/mol. The molecule has 0 atom stereocenters. The summed E-state index contributed by atoms with van der Waals surface area (Å²) in [6.07, 6.45) is 4.00. The summed E-state index contributed by atoms with van der Waals surface area (Å²) in [4.78, 5) is 4.44. The molecule has 14 heavy (non-hydrogen) atoms. The van der Waals surface area contributed by atoms with Crippen molar-refractivity contribution in [2.24, 2.45) is 0 Å². The maximum Gasteiger partial charge on any atom is 0.154 e. The van der Waals surface area contributed by atoms with Crippen LogP contribution in [0.1, 0.15) is 0 Å². The Morgan fingerprint density at radius 2 is 2.00 bits per heavy atom. The van der Waals surface area contributed by atoms with Crippen molar-refractivity contribution >= 4 is 35.2 Å². The Kier molecular flexibility index (Phi) is 2.27. The highest BCUT2D eigenvalue weighted by Crippen LogP contribution is 2.24. The van der Waals surface area contributed by atoms with Gasteiger partial charge in [-0.3, -0.25) is 0 Å². The molecule has 0 aliphatic rings. The largest absolute Gasteiger partial charge is 0.360 e. The van der Waals surface area contributed by atoms with E-state index in [4.69, 9.17) is 0 Å². The van der Waals surface area contributed by atoms with Crippen molar-refractivity contribution in [2.75, 3.05) is 0 Å². The van der Waals surface area contributed by atoms with Crippen LogP contribution in [-0.2, 0) is 0 Å². The van der Waals surface area contributed by atoms with Gasteiger partial charge in [-0.15, -0.1) is 0 Å². The minimum Gasteiger partial charge on any atom is -0.360 e. The summed E-state index contributed by atoms with van der Waals surface area (Å²) in [7, 11) is -1.34. The summed E-state index contributed by atoms with van der Waals surface area (Å²) in [5, 5.41) is 1.20. The summed E-state index contributed by atoms with van der Waals surface area (Å²) in [5.41, 5.74) is 1.10. The average Bonchev–Trinajstić information content (AvgIpc) is 2.47. The van der Waals surface area contributed by atoms with E-state index in [1.807, 2.05) is 12.3 Å². The van der Waals surface area contributed by atoms with E-state index in [1.165, 1.54) is 5.39 Å². The van der Waals surface area contributed by atoms with Gasteiger partial charge in [-0.2, -0.15) is 0 Å². The maximum absolute atomic E-state index is 4.44. The first-order valence-corrected chi connectivity index (χ1v) is 8.86. The van der Waals surface area contributed by atoms with E-state index in [0.29, 0.717) is 0 Å². The van der Waals surface area contributed by atoms with Crippen molar-refractivity contribution in [2.45, 2.75) is 19.6 Å². The molecule has 0 saturated heterocycles. The number of fused-ring (bicyclic) bond motifs is 1. The Labute approximate surface area is 93.2 Å². The molecule has 4 heteroatoms. The molecule has 0 aliphatic heterocycles. The van der Waals surface area contributed by atoms with E-state index in [2.05, 4.69) is 57.1 Å². The van der Waals surface area contributed by atoms with Gasteiger partial charge in [0.15, 0.2) is 8.24 Å². The van der Waals surface area contributed by atoms with Crippen molar-refractivity contribution < 1.29 is 0 Å². The van der Waals surface area contributed by atoms with Gasteiger partial charge in [0.2, 0.25) is 0 Å². The second-order valence-corrected chi connectivity index (χ2v) is 10.1. The van der Waals surface area contributed by atoms with Crippen LogP contribution in [-0.4, -0.2) is 17.5 Å². The van der Waals surface area contributed by atoms with Crippen molar-refractivity contribution in [3.8, 4) is 0 Å². The zero-order valence-electron chi connectivity index (χ0n) is 8.58. The Morgan fingerprint density at radius 1 is 1.29 bits per heavy atom. The van der Waals surface area contributed by atoms with Gasteiger partial charge in [0.1, 0.15) is 5.65 Å². The highest BCUT2D eigenvalue weighted by Gasteiger charge is 2.19. The predicted octanol–water partition coefficient (Wildman–Crippen LogP) is 3.48. The molecule has 0 fully saturated rings. The van der Waals surface area contributed by atoms with Crippen molar-refractivity contribution in [3.05, 3.63) is 29.0 Å². The standard InChI is InChI=1S/C10H13BrN2Si/c1-14(2,3)13-7-5-8-9(11)4-6-12-10(8)13/h4-7H,1-3H3. The van der Waals surface area contributed by atoms with Crippen LogP contribution in [0.5, 0.6) is 0 Å². The van der Waals surface area contributed by atoms with Gasteiger partial charge >= 0.3 is 0 Å². The van der Waals surface area contributed by atoms with Gasteiger partial charge in [-0.05, 0) is 34.3 Å². The summed E-state index contributed by atoms with van der Waals surface area (Å²) in [5.74, 6) is 0. The Hall–Kier alpha value is -0.613. The molecule has 0 aromatic carbocycles. The molecule has 0 bridgehead atoms. The van der Waals surface area contributed by atoms with Crippen LogP contribution in [0.4, 0.5) is 0 Å². The SMILES string of the molecule is C[Si](C)(C)n1ccc2c(Br)ccnc21. The van der Waals surface area contributed by atoms with Gasteiger partial charge in [0, 0.05) is 16.1 Å². The minimum atomic E-state index is -1.34. The summed E-state index contributed by atoms with van der Waals surface area (Å²) >= 11 is 3.54. The van der Waals surface area contributed by atoms with Crippen LogP contribution >= 0.6 is 15.9 Å².